The number of carbonyl (C=O) groups excluding carboxylic acids is 1. The number of rotatable bonds is 3. The Labute approximate surface area is 118 Å². The molecule has 2 rings (SSSR count). The maximum atomic E-state index is 11.6. The average Bonchev–Trinajstić information content (AvgIpc) is 2.41. The van der Waals surface area contributed by atoms with Crippen LogP contribution in [0.5, 0.6) is 0 Å². The van der Waals surface area contributed by atoms with Crippen molar-refractivity contribution in [2.45, 2.75) is 27.2 Å². The van der Waals surface area contributed by atoms with E-state index in [0.717, 1.165) is 25.2 Å². The van der Waals surface area contributed by atoms with Crippen molar-refractivity contribution in [1.29, 1.82) is 0 Å². The Hall–Kier alpha value is -1.91. The summed E-state index contributed by atoms with van der Waals surface area (Å²) in [6, 6.07) is 4.84. The summed E-state index contributed by atoms with van der Waals surface area (Å²) in [6.45, 7) is 7.69. The van der Waals surface area contributed by atoms with Gasteiger partial charge in [0.2, 0.25) is 0 Å². The van der Waals surface area contributed by atoms with E-state index in [0.29, 0.717) is 11.8 Å². The van der Waals surface area contributed by atoms with Gasteiger partial charge in [-0.1, -0.05) is 13.8 Å². The molecule has 1 fully saturated rings. The first-order valence-corrected chi connectivity index (χ1v) is 6.94. The predicted octanol–water partition coefficient (Wildman–Crippen LogP) is 3.28. The van der Waals surface area contributed by atoms with Crippen LogP contribution in [0.3, 0.4) is 0 Å². The van der Waals surface area contributed by atoms with Crippen LogP contribution in [0.25, 0.3) is 0 Å². The molecule has 0 spiro atoms. The van der Waals surface area contributed by atoms with E-state index in [1.165, 1.54) is 13.0 Å². The molecule has 1 aliphatic rings. The first kappa shape index (κ1) is 14.5. The lowest BCUT2D eigenvalue weighted by Gasteiger charge is -2.36. The van der Waals surface area contributed by atoms with E-state index in [2.05, 4.69) is 18.7 Å². The molecule has 0 aliphatic carbocycles. The monoisotopic (exact) mass is 276 g/mol. The number of carbonyl (C=O) groups is 1. The summed E-state index contributed by atoms with van der Waals surface area (Å²) in [5.41, 5.74) is 0.984. The minimum absolute atomic E-state index is 0.111. The number of Topliss-reactive ketones (excluding diaryl/α,β-unsaturated/α-hetero) is 1. The van der Waals surface area contributed by atoms with Crippen LogP contribution in [0.4, 0.5) is 11.4 Å². The standard InChI is InChI=1S/C15H20N2O3/c1-10-6-7-16(9-11(10)2)13-4-5-15(17(19)20)14(8-13)12(3)18/h4-5,8,10-11H,6-7,9H2,1-3H3. The van der Waals surface area contributed by atoms with Gasteiger partial charge in [-0.3, -0.25) is 14.9 Å². The van der Waals surface area contributed by atoms with Crippen molar-refractivity contribution in [1.82, 2.24) is 0 Å². The molecule has 2 unspecified atom stereocenters. The molecule has 0 saturated carbocycles. The van der Waals surface area contributed by atoms with Gasteiger partial charge >= 0.3 is 0 Å². The molecule has 0 N–H and O–H groups in total. The van der Waals surface area contributed by atoms with E-state index in [1.54, 1.807) is 12.1 Å². The van der Waals surface area contributed by atoms with Crippen molar-refractivity contribution in [2.24, 2.45) is 11.8 Å². The van der Waals surface area contributed by atoms with Crippen LogP contribution in [-0.2, 0) is 0 Å². The highest BCUT2D eigenvalue weighted by Gasteiger charge is 2.25. The number of nitro groups is 1. The Morgan fingerprint density at radius 2 is 2.05 bits per heavy atom. The summed E-state index contributed by atoms with van der Waals surface area (Å²) in [6.07, 6.45) is 1.10. The molecule has 108 valence electrons. The number of nitrogens with zero attached hydrogens (tertiary/aromatic N) is 2. The van der Waals surface area contributed by atoms with Crippen LogP contribution in [-0.4, -0.2) is 23.8 Å². The second-order valence-electron chi connectivity index (χ2n) is 5.70. The zero-order valence-electron chi connectivity index (χ0n) is 12.1. The van der Waals surface area contributed by atoms with E-state index < -0.39 is 4.92 Å². The summed E-state index contributed by atoms with van der Waals surface area (Å²) in [4.78, 5) is 24.3. The van der Waals surface area contributed by atoms with Crippen molar-refractivity contribution in [3.05, 3.63) is 33.9 Å². The third-order valence-electron chi connectivity index (χ3n) is 4.26. The second kappa shape index (κ2) is 5.61. The van der Waals surface area contributed by atoms with Crippen molar-refractivity contribution in [2.75, 3.05) is 18.0 Å². The fourth-order valence-corrected chi connectivity index (χ4v) is 2.66. The average molecular weight is 276 g/mol. The summed E-state index contributed by atoms with van der Waals surface area (Å²) >= 11 is 0. The lowest BCUT2D eigenvalue weighted by atomic mass is 9.88. The van der Waals surface area contributed by atoms with E-state index in [-0.39, 0.29) is 17.0 Å². The summed E-state index contributed by atoms with van der Waals surface area (Å²) in [7, 11) is 0. The lowest BCUT2D eigenvalue weighted by molar-refractivity contribution is -0.385. The van der Waals surface area contributed by atoms with Gasteiger partial charge in [-0.2, -0.15) is 0 Å². The molecule has 20 heavy (non-hydrogen) atoms. The Balaban J connectivity index is 2.32. The topological polar surface area (TPSA) is 63.5 Å². The summed E-state index contributed by atoms with van der Waals surface area (Å²) in [5, 5.41) is 10.9. The molecule has 0 radical (unpaired) electrons. The molecule has 1 aromatic carbocycles. The third kappa shape index (κ3) is 2.81. The Morgan fingerprint density at radius 3 is 2.60 bits per heavy atom. The smallest absolute Gasteiger partial charge is 0.280 e. The zero-order valence-corrected chi connectivity index (χ0v) is 12.1. The highest BCUT2D eigenvalue weighted by Crippen LogP contribution is 2.30. The van der Waals surface area contributed by atoms with E-state index in [1.807, 2.05) is 0 Å². The zero-order chi connectivity index (χ0) is 14.9. The highest BCUT2D eigenvalue weighted by molar-refractivity contribution is 5.99. The molecule has 1 heterocycles. The van der Waals surface area contributed by atoms with Crippen LogP contribution in [0.15, 0.2) is 18.2 Å². The largest absolute Gasteiger partial charge is 0.371 e. The van der Waals surface area contributed by atoms with Crippen molar-refractivity contribution < 1.29 is 9.72 Å². The van der Waals surface area contributed by atoms with Crippen LogP contribution < -0.4 is 4.90 Å². The van der Waals surface area contributed by atoms with Gasteiger partial charge in [0.15, 0.2) is 5.78 Å². The van der Waals surface area contributed by atoms with Gasteiger partial charge in [-0.05, 0) is 37.3 Å². The molecule has 5 nitrogen and oxygen atoms in total. The number of hydrogen-bond donors (Lipinski definition) is 0. The maximum Gasteiger partial charge on any atom is 0.280 e. The van der Waals surface area contributed by atoms with Crippen LogP contribution >= 0.6 is 0 Å². The Kier molecular flexibility index (Phi) is 4.06. The second-order valence-corrected chi connectivity index (χ2v) is 5.70. The molecule has 2 atom stereocenters. The Morgan fingerprint density at radius 1 is 1.35 bits per heavy atom. The minimum Gasteiger partial charge on any atom is -0.371 e. The SMILES string of the molecule is CC(=O)c1cc(N2CCC(C)C(C)C2)ccc1[N+](=O)[O-]. The van der Waals surface area contributed by atoms with Crippen molar-refractivity contribution >= 4 is 17.2 Å². The van der Waals surface area contributed by atoms with Crippen molar-refractivity contribution in [3.8, 4) is 0 Å². The molecule has 0 amide bonds. The van der Waals surface area contributed by atoms with E-state index in [4.69, 9.17) is 0 Å². The number of benzene rings is 1. The van der Waals surface area contributed by atoms with Gasteiger partial charge in [0, 0.05) is 24.8 Å². The molecule has 1 aromatic rings. The molecule has 0 aromatic heterocycles. The molecule has 5 heteroatoms. The van der Waals surface area contributed by atoms with Crippen LogP contribution in [0, 0.1) is 22.0 Å². The van der Waals surface area contributed by atoms with E-state index >= 15 is 0 Å². The highest BCUT2D eigenvalue weighted by atomic mass is 16.6. The van der Waals surface area contributed by atoms with Gasteiger partial charge in [0.05, 0.1) is 10.5 Å². The number of ketones is 1. The Bertz CT molecular complexity index is 542. The number of anilines is 1. The first-order chi connectivity index (χ1) is 9.40. The van der Waals surface area contributed by atoms with Gasteiger partial charge in [-0.15, -0.1) is 0 Å². The number of piperidine rings is 1. The van der Waals surface area contributed by atoms with Crippen LogP contribution in [0.1, 0.15) is 37.6 Å². The molecular formula is C15H20N2O3. The quantitative estimate of drug-likeness (QED) is 0.483. The number of hydrogen-bond acceptors (Lipinski definition) is 4. The maximum absolute atomic E-state index is 11.6. The predicted molar refractivity (Wildman–Crippen MR) is 78.3 cm³/mol. The minimum atomic E-state index is -0.499. The normalized spacial score (nSPS) is 22.6. The fraction of sp³-hybridized carbons (Fsp3) is 0.533. The summed E-state index contributed by atoms with van der Waals surface area (Å²) in [5.74, 6) is 1.01. The molecule has 1 aliphatic heterocycles. The van der Waals surface area contributed by atoms with Crippen molar-refractivity contribution in [3.63, 3.8) is 0 Å². The first-order valence-electron chi connectivity index (χ1n) is 6.94. The van der Waals surface area contributed by atoms with Crippen LogP contribution in [0.2, 0.25) is 0 Å². The van der Waals surface area contributed by atoms with Gasteiger partial charge in [-0.25, -0.2) is 0 Å². The third-order valence-corrected chi connectivity index (χ3v) is 4.26. The van der Waals surface area contributed by atoms with Gasteiger partial charge in [0.1, 0.15) is 0 Å². The lowest BCUT2D eigenvalue weighted by Crippen LogP contribution is -2.38. The molecular weight excluding hydrogens is 256 g/mol. The molecule has 0 bridgehead atoms. The van der Waals surface area contributed by atoms with Gasteiger partial charge < -0.3 is 4.90 Å². The fourth-order valence-electron chi connectivity index (χ4n) is 2.66. The van der Waals surface area contributed by atoms with E-state index in [9.17, 15) is 14.9 Å². The number of nitro benzene ring substituents is 1. The molecule has 1 saturated heterocycles. The summed E-state index contributed by atoms with van der Waals surface area (Å²) < 4.78 is 0. The van der Waals surface area contributed by atoms with Gasteiger partial charge in [0.25, 0.3) is 5.69 Å².